The number of hydrogen-bond acceptors (Lipinski definition) is 2. The molecule has 0 saturated carbocycles. The third-order valence-corrected chi connectivity index (χ3v) is 9.69. The summed E-state index contributed by atoms with van der Waals surface area (Å²) in [7, 11) is 0. The van der Waals surface area contributed by atoms with E-state index in [1.54, 1.807) is 6.21 Å². The highest BCUT2D eigenvalue weighted by Crippen LogP contribution is 2.43. The number of rotatable bonds is 5. The van der Waals surface area contributed by atoms with Gasteiger partial charge in [0.1, 0.15) is 0 Å². The fraction of sp³-hybridized carbons (Fsp3) is 0. The van der Waals surface area contributed by atoms with Gasteiger partial charge in [0.25, 0.3) is 0 Å². The van der Waals surface area contributed by atoms with Crippen LogP contribution in [-0.4, -0.2) is 17.9 Å². The maximum atomic E-state index is 8.87. The van der Waals surface area contributed by atoms with Crippen molar-refractivity contribution >= 4 is 60.2 Å². The lowest BCUT2D eigenvalue weighted by Gasteiger charge is -2.13. The van der Waals surface area contributed by atoms with Gasteiger partial charge < -0.3 is 0 Å². The van der Waals surface area contributed by atoms with Gasteiger partial charge >= 0.3 is 0 Å². The molecule has 0 aliphatic heterocycles. The SMILES string of the molecule is N=C(N=C(N=Cc1ccccc1)c1ccccc1)c1ccc(-c2ccc(-c3cccc4c3sc3ccccc34)c3ccccc23)cc1. The number of hydrogen-bond donors (Lipinski definition) is 1. The van der Waals surface area contributed by atoms with Crippen LogP contribution in [0.25, 0.3) is 53.2 Å². The second-order valence-electron chi connectivity index (χ2n) is 11.4. The molecule has 8 aromatic rings. The van der Waals surface area contributed by atoms with Crippen LogP contribution in [0.1, 0.15) is 16.7 Å². The van der Waals surface area contributed by atoms with Gasteiger partial charge in [-0.15, -0.1) is 11.3 Å². The Labute approximate surface area is 277 Å². The van der Waals surface area contributed by atoms with Crippen LogP contribution in [-0.2, 0) is 0 Å². The van der Waals surface area contributed by atoms with Crippen LogP contribution in [0.15, 0.2) is 174 Å². The van der Waals surface area contributed by atoms with Gasteiger partial charge in [-0.3, -0.25) is 5.41 Å². The van der Waals surface area contributed by atoms with E-state index in [0.29, 0.717) is 5.84 Å². The van der Waals surface area contributed by atoms with Crippen molar-refractivity contribution in [2.24, 2.45) is 9.98 Å². The molecule has 0 bridgehead atoms. The first-order valence-corrected chi connectivity index (χ1v) is 16.4. The lowest BCUT2D eigenvalue weighted by Crippen LogP contribution is -2.04. The molecule has 1 N–H and O–H groups in total. The summed E-state index contributed by atoms with van der Waals surface area (Å²) in [4.78, 5) is 9.35. The zero-order chi connectivity index (χ0) is 31.6. The first kappa shape index (κ1) is 28.5. The molecular formula is C43H29N3S. The summed E-state index contributed by atoms with van der Waals surface area (Å²) in [6.45, 7) is 0. The Hall–Kier alpha value is -5.97. The van der Waals surface area contributed by atoms with Gasteiger partial charge in [0.05, 0.1) is 0 Å². The van der Waals surface area contributed by atoms with E-state index < -0.39 is 0 Å². The molecule has 0 aliphatic carbocycles. The summed E-state index contributed by atoms with van der Waals surface area (Å²) in [5, 5.41) is 13.9. The standard InChI is InChI=1S/C43H29N3S/c44-42(46-43(32-14-5-2-6-15-32)45-28-29-12-3-1-4-13-29)31-24-22-30(23-25-31)33-26-27-36(35-17-8-7-16-34(33)35)38-19-11-20-39-37-18-9-10-21-40(37)47-41(38)39/h1-28,44H. The van der Waals surface area contributed by atoms with Crippen molar-refractivity contribution in [3.63, 3.8) is 0 Å². The summed E-state index contributed by atoms with van der Waals surface area (Å²) in [5.74, 6) is 0.663. The largest absolute Gasteiger partial charge is 0.282 e. The van der Waals surface area contributed by atoms with E-state index in [-0.39, 0.29) is 5.84 Å². The molecule has 1 heterocycles. The molecule has 0 spiro atoms. The zero-order valence-corrected chi connectivity index (χ0v) is 26.3. The number of amidine groups is 2. The Balaban J connectivity index is 1.15. The fourth-order valence-electron chi connectivity index (χ4n) is 6.15. The molecule has 0 fully saturated rings. The van der Waals surface area contributed by atoms with Crippen LogP contribution in [0.4, 0.5) is 0 Å². The Bertz CT molecular complexity index is 2460. The topological polar surface area (TPSA) is 48.6 Å². The van der Waals surface area contributed by atoms with Crippen molar-refractivity contribution in [1.82, 2.24) is 0 Å². The molecule has 0 amide bonds. The number of nitrogens with one attached hydrogen (secondary N) is 1. The Morgan fingerprint density at radius 3 is 1.87 bits per heavy atom. The number of nitrogens with zero attached hydrogens (tertiary/aromatic N) is 2. The molecule has 47 heavy (non-hydrogen) atoms. The molecule has 0 atom stereocenters. The van der Waals surface area contributed by atoms with Gasteiger partial charge in [-0.1, -0.05) is 158 Å². The van der Waals surface area contributed by atoms with E-state index in [4.69, 9.17) is 5.41 Å². The molecule has 4 heteroatoms. The highest BCUT2D eigenvalue weighted by molar-refractivity contribution is 7.26. The second-order valence-corrected chi connectivity index (χ2v) is 12.4. The molecule has 3 nitrogen and oxygen atoms in total. The Morgan fingerprint density at radius 1 is 0.489 bits per heavy atom. The van der Waals surface area contributed by atoms with Crippen molar-refractivity contribution in [3.05, 3.63) is 180 Å². The third kappa shape index (κ3) is 5.56. The Kier molecular flexibility index (Phi) is 7.54. The van der Waals surface area contributed by atoms with Gasteiger partial charge in [-0.05, 0) is 39.1 Å². The first-order chi connectivity index (χ1) is 23.2. The molecule has 8 rings (SSSR count). The number of fused-ring (bicyclic) bond motifs is 4. The third-order valence-electron chi connectivity index (χ3n) is 8.47. The van der Waals surface area contributed by atoms with E-state index in [9.17, 15) is 0 Å². The minimum absolute atomic E-state index is 0.164. The first-order valence-electron chi connectivity index (χ1n) is 15.6. The summed E-state index contributed by atoms with van der Waals surface area (Å²) in [5.41, 5.74) is 7.32. The molecule has 0 aliphatic rings. The van der Waals surface area contributed by atoms with E-state index >= 15 is 0 Å². The molecular weight excluding hydrogens is 591 g/mol. The predicted molar refractivity (Wildman–Crippen MR) is 202 cm³/mol. The van der Waals surface area contributed by atoms with E-state index in [1.165, 1.54) is 42.1 Å². The van der Waals surface area contributed by atoms with E-state index in [1.807, 2.05) is 84.1 Å². The normalized spacial score (nSPS) is 12.0. The van der Waals surface area contributed by atoms with E-state index in [0.717, 1.165) is 27.8 Å². The van der Waals surface area contributed by atoms with Gasteiger partial charge in [0.15, 0.2) is 11.7 Å². The zero-order valence-electron chi connectivity index (χ0n) is 25.5. The predicted octanol–water partition coefficient (Wildman–Crippen LogP) is 11.4. The minimum Gasteiger partial charge on any atom is -0.282 e. The van der Waals surface area contributed by atoms with Crippen LogP contribution >= 0.6 is 11.3 Å². The monoisotopic (exact) mass is 619 g/mol. The lowest BCUT2D eigenvalue weighted by molar-refractivity contribution is 1.40. The quantitative estimate of drug-likeness (QED) is 0.147. The molecule has 222 valence electrons. The molecule has 0 radical (unpaired) electrons. The highest BCUT2D eigenvalue weighted by atomic mass is 32.1. The van der Waals surface area contributed by atoms with Crippen LogP contribution in [0, 0.1) is 5.41 Å². The molecule has 1 aromatic heterocycles. The van der Waals surface area contributed by atoms with Crippen molar-refractivity contribution in [3.8, 4) is 22.3 Å². The molecule has 7 aromatic carbocycles. The van der Waals surface area contributed by atoms with Crippen LogP contribution in [0.5, 0.6) is 0 Å². The summed E-state index contributed by atoms with van der Waals surface area (Å²) in [6.07, 6.45) is 1.79. The number of thiophene rings is 1. The number of benzene rings is 7. The van der Waals surface area contributed by atoms with Crippen LogP contribution in [0.3, 0.4) is 0 Å². The van der Waals surface area contributed by atoms with Gasteiger partial charge in [0.2, 0.25) is 0 Å². The summed E-state index contributed by atoms with van der Waals surface area (Å²) < 4.78 is 2.63. The van der Waals surface area contributed by atoms with Gasteiger partial charge in [0, 0.05) is 43.1 Å². The van der Waals surface area contributed by atoms with Gasteiger partial charge in [-0.25, -0.2) is 9.98 Å². The smallest absolute Gasteiger partial charge is 0.161 e. The summed E-state index contributed by atoms with van der Waals surface area (Å²) in [6, 6.07) is 56.3. The maximum absolute atomic E-state index is 8.87. The van der Waals surface area contributed by atoms with Crippen molar-refractivity contribution in [2.45, 2.75) is 0 Å². The lowest BCUT2D eigenvalue weighted by atomic mass is 9.91. The average Bonchev–Trinajstić information content (AvgIpc) is 3.53. The van der Waals surface area contributed by atoms with Gasteiger partial charge in [-0.2, -0.15) is 0 Å². The number of aliphatic imine (C=N–C) groups is 2. The second kappa shape index (κ2) is 12.4. The Morgan fingerprint density at radius 2 is 1.11 bits per heavy atom. The van der Waals surface area contributed by atoms with Crippen LogP contribution < -0.4 is 0 Å². The maximum Gasteiger partial charge on any atom is 0.161 e. The van der Waals surface area contributed by atoms with E-state index in [2.05, 4.69) is 101 Å². The average molecular weight is 620 g/mol. The van der Waals surface area contributed by atoms with Crippen molar-refractivity contribution in [2.75, 3.05) is 0 Å². The van der Waals surface area contributed by atoms with Crippen LogP contribution in [0.2, 0.25) is 0 Å². The molecule has 0 unspecified atom stereocenters. The highest BCUT2D eigenvalue weighted by Gasteiger charge is 2.15. The fourth-order valence-corrected chi connectivity index (χ4v) is 7.38. The van der Waals surface area contributed by atoms with Crippen molar-refractivity contribution in [1.29, 1.82) is 5.41 Å². The summed E-state index contributed by atoms with van der Waals surface area (Å²) >= 11 is 1.86. The molecule has 0 saturated heterocycles. The minimum atomic E-state index is 0.164. The van der Waals surface area contributed by atoms with Crippen molar-refractivity contribution < 1.29 is 0 Å².